The van der Waals surface area contributed by atoms with Gasteiger partial charge in [0.2, 0.25) is 0 Å². The first-order valence-corrected chi connectivity index (χ1v) is 7.87. The van der Waals surface area contributed by atoms with E-state index in [0.717, 1.165) is 0 Å². The molecule has 0 fully saturated rings. The van der Waals surface area contributed by atoms with Gasteiger partial charge in [0.05, 0.1) is 6.04 Å². The van der Waals surface area contributed by atoms with Crippen LogP contribution in [-0.4, -0.2) is 6.04 Å². The molecule has 0 aromatic heterocycles. The van der Waals surface area contributed by atoms with Crippen LogP contribution in [0.15, 0.2) is 48.5 Å². The lowest BCUT2D eigenvalue weighted by molar-refractivity contribution is 0.399. The molecule has 0 aliphatic carbocycles. The van der Waals surface area contributed by atoms with Crippen molar-refractivity contribution in [2.45, 2.75) is 46.7 Å². The van der Waals surface area contributed by atoms with Crippen LogP contribution in [0.4, 0.5) is 0 Å². The predicted molar refractivity (Wildman–Crippen MR) is 91.6 cm³/mol. The Morgan fingerprint density at radius 1 is 0.857 bits per heavy atom. The highest BCUT2D eigenvalue weighted by Gasteiger charge is 2.19. The topological polar surface area (TPSA) is 12.0 Å². The molecular formula is C20H27N. The van der Waals surface area contributed by atoms with Crippen LogP contribution in [0.2, 0.25) is 0 Å². The van der Waals surface area contributed by atoms with Gasteiger partial charge in [0, 0.05) is 6.04 Å². The Morgan fingerprint density at radius 2 is 1.52 bits per heavy atom. The summed E-state index contributed by atoms with van der Waals surface area (Å²) >= 11 is 0. The molecule has 0 heterocycles. The van der Waals surface area contributed by atoms with Crippen LogP contribution >= 0.6 is 0 Å². The van der Waals surface area contributed by atoms with Gasteiger partial charge in [-0.05, 0) is 43.4 Å². The Hall–Kier alpha value is -1.60. The fourth-order valence-corrected chi connectivity index (χ4v) is 2.54. The molecule has 0 spiro atoms. The van der Waals surface area contributed by atoms with E-state index >= 15 is 0 Å². The maximum absolute atomic E-state index is 3.82. The zero-order valence-electron chi connectivity index (χ0n) is 13.9. The van der Waals surface area contributed by atoms with E-state index in [1.54, 1.807) is 0 Å². The standard InChI is InChI=1S/C20H27N/c1-14(2)17(5)21-20(18-9-7-6-8-10-18)19-13-15(3)11-12-16(19)4/h6-14,17,20-21H,1-5H3. The third-order valence-corrected chi connectivity index (χ3v) is 4.31. The molecule has 112 valence electrons. The maximum atomic E-state index is 3.82. The molecule has 2 aromatic rings. The molecular weight excluding hydrogens is 254 g/mol. The van der Waals surface area contributed by atoms with Crippen LogP contribution in [0.3, 0.4) is 0 Å². The average Bonchev–Trinajstić information content (AvgIpc) is 2.48. The Labute approximate surface area is 129 Å². The zero-order chi connectivity index (χ0) is 15.4. The minimum absolute atomic E-state index is 0.253. The van der Waals surface area contributed by atoms with Crippen molar-refractivity contribution in [3.8, 4) is 0 Å². The molecule has 0 amide bonds. The van der Waals surface area contributed by atoms with E-state index in [1.165, 1.54) is 22.3 Å². The van der Waals surface area contributed by atoms with Crippen LogP contribution in [0.5, 0.6) is 0 Å². The van der Waals surface area contributed by atoms with Gasteiger partial charge >= 0.3 is 0 Å². The number of aryl methyl sites for hydroxylation is 2. The third kappa shape index (κ3) is 3.95. The summed E-state index contributed by atoms with van der Waals surface area (Å²) < 4.78 is 0. The van der Waals surface area contributed by atoms with Gasteiger partial charge < -0.3 is 5.32 Å². The fourth-order valence-electron chi connectivity index (χ4n) is 2.54. The van der Waals surface area contributed by atoms with Crippen molar-refractivity contribution in [1.29, 1.82) is 0 Å². The molecule has 1 heteroatoms. The molecule has 0 saturated carbocycles. The summed E-state index contributed by atoms with van der Waals surface area (Å²) in [5, 5.41) is 3.82. The first-order chi connectivity index (χ1) is 9.99. The summed E-state index contributed by atoms with van der Waals surface area (Å²) in [6.45, 7) is 11.2. The Bertz CT molecular complexity index is 572. The highest BCUT2D eigenvalue weighted by molar-refractivity contribution is 5.39. The minimum atomic E-state index is 0.253. The monoisotopic (exact) mass is 281 g/mol. The van der Waals surface area contributed by atoms with Crippen molar-refractivity contribution in [2.24, 2.45) is 5.92 Å². The van der Waals surface area contributed by atoms with E-state index in [4.69, 9.17) is 0 Å². The van der Waals surface area contributed by atoms with Gasteiger partial charge in [-0.25, -0.2) is 0 Å². The Balaban J connectivity index is 2.43. The summed E-state index contributed by atoms with van der Waals surface area (Å²) in [6.07, 6.45) is 0. The molecule has 0 aliphatic heterocycles. The van der Waals surface area contributed by atoms with Gasteiger partial charge in [0.25, 0.3) is 0 Å². The molecule has 2 unspecified atom stereocenters. The van der Waals surface area contributed by atoms with E-state index in [9.17, 15) is 0 Å². The molecule has 0 saturated heterocycles. The number of nitrogens with one attached hydrogen (secondary N) is 1. The minimum Gasteiger partial charge on any atom is -0.303 e. The van der Waals surface area contributed by atoms with Crippen molar-refractivity contribution < 1.29 is 0 Å². The second-order valence-corrected chi connectivity index (χ2v) is 6.40. The molecule has 2 aromatic carbocycles. The quantitative estimate of drug-likeness (QED) is 0.810. The molecule has 1 N–H and O–H groups in total. The highest BCUT2D eigenvalue weighted by atomic mass is 15.0. The number of benzene rings is 2. The van der Waals surface area contributed by atoms with Crippen LogP contribution < -0.4 is 5.32 Å². The molecule has 0 bridgehead atoms. The first-order valence-electron chi connectivity index (χ1n) is 7.87. The zero-order valence-corrected chi connectivity index (χ0v) is 13.9. The lowest BCUT2D eigenvalue weighted by atomic mass is 9.92. The van der Waals surface area contributed by atoms with Crippen LogP contribution in [0, 0.1) is 19.8 Å². The summed E-state index contributed by atoms with van der Waals surface area (Å²) in [4.78, 5) is 0. The Kier molecular flexibility index (Phi) is 5.19. The predicted octanol–water partition coefficient (Wildman–Crippen LogP) is 5.03. The van der Waals surface area contributed by atoms with Crippen molar-refractivity contribution in [3.05, 3.63) is 70.8 Å². The highest BCUT2D eigenvalue weighted by Crippen LogP contribution is 2.27. The summed E-state index contributed by atoms with van der Waals surface area (Å²) in [5.74, 6) is 0.612. The lowest BCUT2D eigenvalue weighted by Gasteiger charge is -2.28. The van der Waals surface area contributed by atoms with Crippen molar-refractivity contribution >= 4 is 0 Å². The molecule has 0 radical (unpaired) electrons. The normalized spacial score (nSPS) is 14.2. The maximum Gasteiger partial charge on any atom is 0.0581 e. The number of rotatable bonds is 5. The third-order valence-electron chi connectivity index (χ3n) is 4.31. The van der Waals surface area contributed by atoms with E-state index in [-0.39, 0.29) is 6.04 Å². The number of hydrogen-bond acceptors (Lipinski definition) is 1. The van der Waals surface area contributed by atoms with E-state index in [1.807, 2.05) is 0 Å². The van der Waals surface area contributed by atoms with E-state index < -0.39 is 0 Å². The SMILES string of the molecule is Cc1ccc(C)c(C(NC(C)C(C)C)c2ccccc2)c1. The molecule has 21 heavy (non-hydrogen) atoms. The Morgan fingerprint density at radius 3 is 2.14 bits per heavy atom. The van der Waals surface area contributed by atoms with Gasteiger partial charge in [0.15, 0.2) is 0 Å². The van der Waals surface area contributed by atoms with Crippen LogP contribution in [0.1, 0.15) is 49.1 Å². The van der Waals surface area contributed by atoms with Gasteiger partial charge in [-0.2, -0.15) is 0 Å². The second-order valence-electron chi connectivity index (χ2n) is 6.40. The van der Waals surface area contributed by atoms with Crippen molar-refractivity contribution in [3.63, 3.8) is 0 Å². The summed E-state index contributed by atoms with van der Waals surface area (Å²) in [6, 6.07) is 18.2. The smallest absolute Gasteiger partial charge is 0.0581 e. The van der Waals surface area contributed by atoms with Gasteiger partial charge in [-0.15, -0.1) is 0 Å². The van der Waals surface area contributed by atoms with Gasteiger partial charge in [-0.1, -0.05) is 67.9 Å². The summed E-state index contributed by atoms with van der Waals surface area (Å²) in [7, 11) is 0. The first kappa shape index (κ1) is 15.8. The van der Waals surface area contributed by atoms with Crippen LogP contribution in [0.25, 0.3) is 0 Å². The largest absolute Gasteiger partial charge is 0.303 e. The average molecular weight is 281 g/mol. The second kappa shape index (κ2) is 6.91. The molecule has 2 rings (SSSR count). The summed E-state index contributed by atoms with van der Waals surface area (Å²) in [5.41, 5.74) is 5.38. The van der Waals surface area contributed by atoms with E-state index in [0.29, 0.717) is 12.0 Å². The van der Waals surface area contributed by atoms with Crippen molar-refractivity contribution in [2.75, 3.05) is 0 Å². The number of hydrogen-bond donors (Lipinski definition) is 1. The molecule has 1 nitrogen and oxygen atoms in total. The van der Waals surface area contributed by atoms with Crippen molar-refractivity contribution in [1.82, 2.24) is 5.32 Å². The molecule has 2 atom stereocenters. The lowest BCUT2D eigenvalue weighted by Crippen LogP contribution is -2.35. The van der Waals surface area contributed by atoms with Crippen LogP contribution in [-0.2, 0) is 0 Å². The van der Waals surface area contributed by atoms with Gasteiger partial charge in [-0.3, -0.25) is 0 Å². The fraction of sp³-hybridized carbons (Fsp3) is 0.400. The van der Waals surface area contributed by atoms with E-state index in [2.05, 4.69) is 88.5 Å². The molecule has 0 aliphatic rings. The van der Waals surface area contributed by atoms with Gasteiger partial charge in [0.1, 0.15) is 0 Å².